The van der Waals surface area contributed by atoms with Crippen LogP contribution in [0.4, 0.5) is 0 Å². The molecule has 0 spiro atoms. The highest BCUT2D eigenvalue weighted by Gasteiger charge is 2.19. The number of nitrogens with zero attached hydrogens (tertiary/aromatic N) is 2. The largest absolute Gasteiger partial charge is 0.389 e. The number of benzene rings is 2. The van der Waals surface area contributed by atoms with Gasteiger partial charge in [-0.3, -0.25) is 14.6 Å². The summed E-state index contributed by atoms with van der Waals surface area (Å²) < 4.78 is 5.03. The van der Waals surface area contributed by atoms with Crippen molar-refractivity contribution < 1.29 is 9.84 Å². The molecule has 2 aromatic heterocycles. The third-order valence-electron chi connectivity index (χ3n) is 6.43. The number of fused-ring (bicyclic) bond motifs is 2. The van der Waals surface area contributed by atoms with Gasteiger partial charge in [0, 0.05) is 62.8 Å². The Labute approximate surface area is 192 Å². The van der Waals surface area contributed by atoms with E-state index in [1.54, 1.807) is 7.11 Å². The SMILES string of the molecule is COCC(O)CN1CCN(Cc2ccc3[nH]c(-c4cc5ccccc5[nH]c4=O)cc3c2)CC1. The normalized spacial score (nSPS) is 16.5. The van der Waals surface area contributed by atoms with Crippen LogP contribution in [0.1, 0.15) is 5.56 Å². The summed E-state index contributed by atoms with van der Waals surface area (Å²) in [5, 5.41) is 12.1. The Morgan fingerprint density at radius 1 is 0.939 bits per heavy atom. The number of para-hydroxylation sites is 1. The minimum absolute atomic E-state index is 0.0889. The zero-order chi connectivity index (χ0) is 22.8. The van der Waals surface area contributed by atoms with E-state index < -0.39 is 6.10 Å². The third-order valence-corrected chi connectivity index (χ3v) is 6.43. The Bertz CT molecular complexity index is 1300. The van der Waals surface area contributed by atoms with Crippen LogP contribution in [0.15, 0.2) is 59.4 Å². The molecule has 4 aromatic rings. The van der Waals surface area contributed by atoms with Crippen molar-refractivity contribution in [3.8, 4) is 11.3 Å². The fourth-order valence-electron chi connectivity index (χ4n) is 4.70. The first-order valence-electron chi connectivity index (χ1n) is 11.4. The van der Waals surface area contributed by atoms with Crippen LogP contribution in [0.5, 0.6) is 0 Å². The van der Waals surface area contributed by atoms with Gasteiger partial charge in [0.25, 0.3) is 5.56 Å². The molecule has 7 heteroatoms. The molecule has 0 radical (unpaired) electrons. The summed E-state index contributed by atoms with van der Waals surface area (Å²) in [6.07, 6.45) is -0.429. The van der Waals surface area contributed by atoms with Crippen LogP contribution in [-0.4, -0.2) is 77.4 Å². The molecular weight excluding hydrogens is 416 g/mol. The van der Waals surface area contributed by atoms with Crippen molar-refractivity contribution >= 4 is 21.8 Å². The molecular formula is C26H30N4O3. The van der Waals surface area contributed by atoms with Crippen molar-refractivity contribution in [1.82, 2.24) is 19.8 Å². The number of hydrogen-bond donors (Lipinski definition) is 3. The first kappa shape index (κ1) is 21.9. The summed E-state index contributed by atoms with van der Waals surface area (Å²) in [5.41, 5.74) is 4.52. The van der Waals surface area contributed by atoms with Crippen LogP contribution in [0.2, 0.25) is 0 Å². The molecule has 1 fully saturated rings. The number of β-amino-alcohol motifs (C(OH)–C–C–N with tert-alkyl or cyclic N) is 1. The van der Waals surface area contributed by atoms with Crippen LogP contribution in [0.3, 0.4) is 0 Å². The Morgan fingerprint density at radius 3 is 2.52 bits per heavy atom. The molecule has 3 N–H and O–H groups in total. The maximum absolute atomic E-state index is 12.7. The number of pyridine rings is 1. The van der Waals surface area contributed by atoms with Crippen LogP contribution in [0, 0.1) is 0 Å². The standard InChI is InChI=1S/C26H30N4O3/c1-33-17-21(31)16-30-10-8-29(9-11-30)15-18-6-7-24-20(12-18)14-25(27-24)22-13-19-4-2-3-5-23(19)28-26(22)32/h2-7,12-14,21,27,31H,8-11,15-17H2,1H3,(H,28,32). The fourth-order valence-corrected chi connectivity index (χ4v) is 4.70. The maximum Gasteiger partial charge on any atom is 0.257 e. The molecule has 1 saturated heterocycles. The molecule has 0 bridgehead atoms. The van der Waals surface area contributed by atoms with Crippen molar-refractivity contribution in [3.05, 3.63) is 70.5 Å². The molecule has 1 aliphatic heterocycles. The van der Waals surface area contributed by atoms with Crippen molar-refractivity contribution in [2.24, 2.45) is 0 Å². The van der Waals surface area contributed by atoms with E-state index in [4.69, 9.17) is 4.74 Å². The lowest BCUT2D eigenvalue weighted by Crippen LogP contribution is -2.48. The molecule has 3 heterocycles. The van der Waals surface area contributed by atoms with Crippen molar-refractivity contribution in [2.75, 3.05) is 46.4 Å². The third kappa shape index (κ3) is 4.86. The molecule has 7 nitrogen and oxygen atoms in total. The zero-order valence-corrected chi connectivity index (χ0v) is 18.9. The smallest absolute Gasteiger partial charge is 0.257 e. The number of ether oxygens (including phenoxy) is 1. The van der Waals surface area contributed by atoms with E-state index in [-0.39, 0.29) is 5.56 Å². The van der Waals surface area contributed by atoms with Gasteiger partial charge in [-0.2, -0.15) is 0 Å². The number of piperazine rings is 1. The number of nitrogens with one attached hydrogen (secondary N) is 2. The second kappa shape index (κ2) is 9.49. The van der Waals surface area contributed by atoms with Crippen LogP contribution >= 0.6 is 0 Å². The second-order valence-electron chi connectivity index (χ2n) is 8.89. The number of aromatic nitrogens is 2. The summed E-state index contributed by atoms with van der Waals surface area (Å²) in [7, 11) is 1.62. The van der Waals surface area contributed by atoms with Gasteiger partial charge in [-0.05, 0) is 41.3 Å². The van der Waals surface area contributed by atoms with Gasteiger partial charge < -0.3 is 19.8 Å². The predicted octanol–water partition coefficient (Wildman–Crippen LogP) is 2.80. The van der Waals surface area contributed by atoms with Crippen LogP contribution in [0.25, 0.3) is 33.1 Å². The zero-order valence-electron chi connectivity index (χ0n) is 18.9. The Kier molecular flexibility index (Phi) is 6.28. The summed E-state index contributed by atoms with van der Waals surface area (Å²) >= 11 is 0. The molecule has 2 aromatic carbocycles. The van der Waals surface area contributed by atoms with Crippen LogP contribution in [-0.2, 0) is 11.3 Å². The Morgan fingerprint density at radius 2 is 1.70 bits per heavy atom. The summed E-state index contributed by atoms with van der Waals surface area (Å²) in [4.78, 5) is 23.8. The van der Waals surface area contributed by atoms with E-state index in [1.165, 1.54) is 5.56 Å². The number of aliphatic hydroxyl groups excluding tert-OH is 1. The molecule has 1 unspecified atom stereocenters. The lowest BCUT2D eigenvalue weighted by Gasteiger charge is -2.35. The first-order valence-corrected chi connectivity index (χ1v) is 11.4. The van der Waals surface area contributed by atoms with Gasteiger partial charge in [-0.1, -0.05) is 24.3 Å². The van der Waals surface area contributed by atoms with E-state index in [9.17, 15) is 9.90 Å². The minimum Gasteiger partial charge on any atom is -0.389 e. The molecule has 0 aliphatic carbocycles. The number of H-pyrrole nitrogens is 2. The molecule has 1 aliphatic rings. The van der Waals surface area contributed by atoms with Gasteiger partial charge >= 0.3 is 0 Å². The van der Waals surface area contributed by atoms with E-state index in [2.05, 4.69) is 44.0 Å². The predicted molar refractivity (Wildman–Crippen MR) is 131 cm³/mol. The van der Waals surface area contributed by atoms with Gasteiger partial charge in [0.05, 0.1) is 24.0 Å². The second-order valence-corrected chi connectivity index (χ2v) is 8.89. The Hall–Kier alpha value is -2.97. The highest BCUT2D eigenvalue weighted by atomic mass is 16.5. The average molecular weight is 447 g/mol. The van der Waals surface area contributed by atoms with Crippen molar-refractivity contribution in [3.63, 3.8) is 0 Å². The van der Waals surface area contributed by atoms with Gasteiger partial charge in [0.2, 0.25) is 0 Å². The van der Waals surface area contributed by atoms with E-state index in [0.29, 0.717) is 18.7 Å². The molecule has 0 saturated carbocycles. The van der Waals surface area contributed by atoms with Gasteiger partial charge in [-0.15, -0.1) is 0 Å². The van der Waals surface area contributed by atoms with E-state index in [1.807, 2.05) is 30.3 Å². The summed E-state index contributed by atoms with van der Waals surface area (Å²) in [6, 6.07) is 18.3. The molecule has 0 amide bonds. The fraction of sp³-hybridized carbons (Fsp3) is 0.346. The van der Waals surface area contributed by atoms with Crippen LogP contribution < -0.4 is 5.56 Å². The summed E-state index contributed by atoms with van der Waals surface area (Å²) in [6.45, 7) is 5.77. The minimum atomic E-state index is -0.429. The number of aliphatic hydroxyl groups is 1. The molecule has 1 atom stereocenters. The van der Waals surface area contributed by atoms with Crippen molar-refractivity contribution in [2.45, 2.75) is 12.6 Å². The number of methoxy groups -OCH3 is 1. The van der Waals surface area contributed by atoms with Gasteiger partial charge in [-0.25, -0.2) is 0 Å². The topological polar surface area (TPSA) is 84.6 Å². The van der Waals surface area contributed by atoms with Crippen molar-refractivity contribution in [1.29, 1.82) is 0 Å². The average Bonchev–Trinajstić information content (AvgIpc) is 3.23. The number of rotatable bonds is 7. The monoisotopic (exact) mass is 446 g/mol. The highest BCUT2D eigenvalue weighted by Crippen LogP contribution is 2.25. The van der Waals surface area contributed by atoms with E-state index in [0.717, 1.165) is 60.2 Å². The van der Waals surface area contributed by atoms with E-state index >= 15 is 0 Å². The number of aromatic amines is 2. The highest BCUT2D eigenvalue weighted by molar-refractivity contribution is 5.89. The Balaban J connectivity index is 1.29. The molecule has 5 rings (SSSR count). The van der Waals surface area contributed by atoms with Gasteiger partial charge in [0.15, 0.2) is 0 Å². The quantitative estimate of drug-likeness (QED) is 0.407. The maximum atomic E-state index is 12.7. The number of hydrogen-bond acceptors (Lipinski definition) is 5. The van der Waals surface area contributed by atoms with Gasteiger partial charge in [0.1, 0.15) is 0 Å². The lowest BCUT2D eigenvalue weighted by molar-refractivity contribution is 0.0230. The molecule has 33 heavy (non-hydrogen) atoms. The molecule has 172 valence electrons. The lowest BCUT2D eigenvalue weighted by atomic mass is 10.1. The summed E-state index contributed by atoms with van der Waals surface area (Å²) in [5.74, 6) is 0. The first-order chi connectivity index (χ1) is 16.1.